The monoisotopic (exact) mass is 596 g/mol. The number of nitrogens with zero attached hydrogens (tertiary/aromatic N) is 7. The van der Waals surface area contributed by atoms with Crippen LogP contribution in [0.1, 0.15) is 26.3 Å². The van der Waals surface area contributed by atoms with Crippen molar-refractivity contribution in [3.63, 3.8) is 0 Å². The summed E-state index contributed by atoms with van der Waals surface area (Å²) in [4.78, 5) is 25.1. The van der Waals surface area contributed by atoms with Gasteiger partial charge in [0, 0.05) is 56.6 Å². The SMILES string of the molecule is C/C(O)=C(\O)C(=O)N1CC2(C1)CN(c1ccn3ncnc(Nc4ccc(Oc5ccc6c(c5)ncn6C)c(C)c4)c13)C2.CC. The van der Waals surface area contributed by atoms with Crippen LogP contribution in [0.25, 0.3) is 16.6 Å². The molecule has 0 atom stereocenters. The summed E-state index contributed by atoms with van der Waals surface area (Å²) < 4.78 is 9.95. The number of hydrogen-bond donors (Lipinski definition) is 3. The van der Waals surface area contributed by atoms with Gasteiger partial charge in [0.2, 0.25) is 5.76 Å². The van der Waals surface area contributed by atoms with E-state index in [9.17, 15) is 15.0 Å². The Balaban J connectivity index is 0.00000168. The summed E-state index contributed by atoms with van der Waals surface area (Å²) in [6.45, 7) is 9.91. The molecule has 5 aromatic rings. The van der Waals surface area contributed by atoms with Crippen molar-refractivity contribution >= 4 is 39.6 Å². The summed E-state index contributed by atoms with van der Waals surface area (Å²) in [5.74, 6) is 0.671. The summed E-state index contributed by atoms with van der Waals surface area (Å²) in [6, 6.07) is 13.8. The molecule has 0 unspecified atom stereocenters. The number of aryl methyl sites for hydroxylation is 2. The molecule has 12 nitrogen and oxygen atoms in total. The molecular weight excluding hydrogens is 560 g/mol. The first kappa shape index (κ1) is 28.8. The van der Waals surface area contributed by atoms with Crippen LogP contribution in [0, 0.1) is 12.3 Å². The van der Waals surface area contributed by atoms with Gasteiger partial charge < -0.3 is 34.6 Å². The summed E-state index contributed by atoms with van der Waals surface area (Å²) in [6.07, 6.45) is 5.22. The van der Waals surface area contributed by atoms with Gasteiger partial charge in [0.15, 0.2) is 5.82 Å². The van der Waals surface area contributed by atoms with Crippen molar-refractivity contribution in [2.24, 2.45) is 12.5 Å². The Morgan fingerprint density at radius 3 is 2.52 bits per heavy atom. The van der Waals surface area contributed by atoms with Crippen LogP contribution < -0.4 is 15.0 Å². The number of amides is 1. The fourth-order valence-electron chi connectivity index (χ4n) is 5.92. The van der Waals surface area contributed by atoms with Crippen molar-refractivity contribution in [2.75, 3.05) is 36.4 Å². The van der Waals surface area contributed by atoms with Crippen LogP contribution in [-0.4, -0.2) is 71.3 Å². The van der Waals surface area contributed by atoms with E-state index >= 15 is 0 Å². The number of imidazole rings is 1. The molecule has 1 amide bonds. The van der Waals surface area contributed by atoms with Gasteiger partial charge in [-0.1, -0.05) is 13.8 Å². The third kappa shape index (κ3) is 5.01. The zero-order chi connectivity index (χ0) is 31.2. The Kier molecular flexibility index (Phi) is 7.28. The Morgan fingerprint density at radius 2 is 1.80 bits per heavy atom. The molecular formula is C32H36N8O4. The number of benzene rings is 2. The number of fused-ring (bicyclic) bond motifs is 2. The van der Waals surface area contributed by atoms with Crippen LogP contribution in [0.4, 0.5) is 17.2 Å². The number of carbonyl (C=O) groups is 1. The number of likely N-dealkylation sites (tertiary alicyclic amines) is 1. The van der Waals surface area contributed by atoms with Crippen molar-refractivity contribution in [3.8, 4) is 11.5 Å². The van der Waals surface area contributed by atoms with Crippen molar-refractivity contribution < 1.29 is 19.7 Å². The molecule has 2 aliphatic rings. The van der Waals surface area contributed by atoms with E-state index in [2.05, 4.69) is 25.3 Å². The minimum absolute atomic E-state index is 0.0230. The number of allylic oxidation sites excluding steroid dienone is 1. The number of hydrogen-bond acceptors (Lipinski definition) is 9. The van der Waals surface area contributed by atoms with Crippen molar-refractivity contribution in [1.29, 1.82) is 0 Å². The topological polar surface area (TPSA) is 133 Å². The minimum atomic E-state index is -0.590. The molecule has 1 spiro atoms. The number of nitrogens with one attached hydrogen (secondary N) is 1. The summed E-state index contributed by atoms with van der Waals surface area (Å²) in [5, 5.41) is 27.1. The molecule has 0 bridgehead atoms. The number of carbonyl (C=O) groups excluding carboxylic acids is 1. The van der Waals surface area contributed by atoms with Crippen molar-refractivity contribution in [1.82, 2.24) is 29.0 Å². The third-order valence-corrected chi connectivity index (χ3v) is 8.07. The van der Waals surface area contributed by atoms with E-state index in [-0.39, 0.29) is 11.2 Å². The largest absolute Gasteiger partial charge is 0.509 e. The van der Waals surface area contributed by atoms with E-state index < -0.39 is 11.7 Å². The van der Waals surface area contributed by atoms with Crippen LogP contribution in [0.5, 0.6) is 11.5 Å². The minimum Gasteiger partial charge on any atom is -0.509 e. The smallest absolute Gasteiger partial charge is 0.292 e. The predicted octanol–water partition coefficient (Wildman–Crippen LogP) is 5.48. The Morgan fingerprint density at radius 1 is 1.02 bits per heavy atom. The first-order chi connectivity index (χ1) is 21.2. The maximum atomic E-state index is 12.3. The van der Waals surface area contributed by atoms with Gasteiger partial charge in [-0.25, -0.2) is 14.5 Å². The molecule has 2 aromatic carbocycles. The quantitative estimate of drug-likeness (QED) is 0.172. The van der Waals surface area contributed by atoms with E-state index in [1.807, 2.05) is 81.0 Å². The highest BCUT2D eigenvalue weighted by atomic mass is 16.5. The first-order valence-electron chi connectivity index (χ1n) is 14.6. The van der Waals surface area contributed by atoms with Crippen LogP contribution in [0.3, 0.4) is 0 Å². The number of aliphatic hydroxyl groups is 2. The normalized spacial score (nSPS) is 15.8. The molecule has 228 valence electrons. The van der Waals surface area contributed by atoms with Gasteiger partial charge in [-0.15, -0.1) is 0 Å². The number of aliphatic hydroxyl groups excluding tert-OH is 2. The molecule has 0 saturated carbocycles. The zero-order valence-corrected chi connectivity index (χ0v) is 25.4. The van der Waals surface area contributed by atoms with Gasteiger partial charge in [0.05, 0.1) is 23.0 Å². The van der Waals surface area contributed by atoms with E-state index in [0.29, 0.717) is 18.9 Å². The van der Waals surface area contributed by atoms with Gasteiger partial charge in [0.1, 0.15) is 29.1 Å². The molecule has 0 radical (unpaired) electrons. The molecule has 12 heteroatoms. The standard InChI is InChI=1S/C30H30N8O4.C2H6/c1-18-10-20(4-7-25(18)42-21-5-6-23-22(11-21)32-17-35(23)3)34-28-26-24(8-9-38(26)33-16-31-28)36-12-30(13-36)14-37(15-30)29(41)27(40)19(2)39;1-2/h4-11,16-17,39-40H,12-15H2,1-3H3,(H,31,33,34);1-2H3/b27-19+;. The number of aromatic nitrogens is 5. The Bertz CT molecular complexity index is 1890. The fraction of sp³-hybridized carbons (Fsp3) is 0.312. The number of anilines is 3. The lowest BCUT2D eigenvalue weighted by atomic mass is 9.72. The van der Waals surface area contributed by atoms with Crippen LogP contribution in [0.15, 0.2) is 72.8 Å². The lowest BCUT2D eigenvalue weighted by Crippen LogP contribution is -2.73. The Labute approximate surface area is 254 Å². The summed E-state index contributed by atoms with van der Waals surface area (Å²) >= 11 is 0. The fourth-order valence-corrected chi connectivity index (χ4v) is 5.92. The van der Waals surface area contributed by atoms with Gasteiger partial charge in [-0.3, -0.25) is 4.79 Å². The molecule has 2 saturated heterocycles. The van der Waals surface area contributed by atoms with Crippen molar-refractivity contribution in [2.45, 2.75) is 27.7 Å². The highest BCUT2D eigenvalue weighted by Gasteiger charge is 2.54. The van der Waals surface area contributed by atoms with E-state index in [4.69, 9.17) is 4.74 Å². The molecule has 2 aliphatic heterocycles. The van der Waals surface area contributed by atoms with Crippen LogP contribution in [0.2, 0.25) is 0 Å². The number of ether oxygens (including phenoxy) is 1. The van der Waals surface area contributed by atoms with E-state index in [1.165, 1.54) is 13.3 Å². The second-order valence-corrected chi connectivity index (χ2v) is 11.3. The highest BCUT2D eigenvalue weighted by Crippen LogP contribution is 2.44. The molecule has 0 aliphatic carbocycles. The van der Waals surface area contributed by atoms with E-state index in [0.717, 1.165) is 58.1 Å². The lowest BCUT2D eigenvalue weighted by molar-refractivity contribution is -0.144. The summed E-state index contributed by atoms with van der Waals surface area (Å²) in [7, 11) is 1.96. The maximum absolute atomic E-state index is 12.3. The summed E-state index contributed by atoms with van der Waals surface area (Å²) in [5.41, 5.74) is 5.60. The average Bonchev–Trinajstić information content (AvgIpc) is 3.57. The van der Waals surface area contributed by atoms with Crippen LogP contribution >= 0.6 is 0 Å². The maximum Gasteiger partial charge on any atom is 0.292 e. The molecule has 3 N–H and O–H groups in total. The highest BCUT2D eigenvalue weighted by molar-refractivity contribution is 5.92. The van der Waals surface area contributed by atoms with Gasteiger partial charge >= 0.3 is 0 Å². The zero-order valence-electron chi connectivity index (χ0n) is 25.4. The Hall–Kier alpha value is -5.26. The third-order valence-electron chi connectivity index (χ3n) is 8.07. The second kappa shape index (κ2) is 11.1. The molecule has 2 fully saturated rings. The van der Waals surface area contributed by atoms with Gasteiger partial charge in [0.25, 0.3) is 5.91 Å². The average molecular weight is 597 g/mol. The first-order valence-corrected chi connectivity index (χ1v) is 14.6. The van der Waals surface area contributed by atoms with Gasteiger partial charge in [-0.2, -0.15) is 5.10 Å². The predicted molar refractivity (Wildman–Crippen MR) is 169 cm³/mol. The molecule has 3 aromatic heterocycles. The molecule has 7 rings (SSSR count). The number of rotatable bonds is 6. The van der Waals surface area contributed by atoms with Crippen LogP contribution in [-0.2, 0) is 11.8 Å². The van der Waals surface area contributed by atoms with Crippen molar-refractivity contribution in [3.05, 3.63) is 78.4 Å². The van der Waals surface area contributed by atoms with Gasteiger partial charge in [-0.05, 0) is 55.8 Å². The lowest BCUT2D eigenvalue weighted by Gasteiger charge is -2.60. The molecule has 44 heavy (non-hydrogen) atoms. The molecule has 5 heterocycles. The van der Waals surface area contributed by atoms with E-state index in [1.54, 1.807) is 15.7 Å². The second-order valence-electron chi connectivity index (χ2n) is 11.3.